The molecule has 70 valence electrons. The van der Waals surface area contributed by atoms with Crippen LogP contribution in [0.15, 0.2) is 12.3 Å². The van der Waals surface area contributed by atoms with Gasteiger partial charge in [-0.1, -0.05) is 11.6 Å². The summed E-state index contributed by atoms with van der Waals surface area (Å²) in [5.74, 6) is 0.932. The van der Waals surface area contributed by atoms with Gasteiger partial charge in [0, 0.05) is 23.7 Å². The minimum atomic E-state index is 0.218. The molecule has 0 spiro atoms. The molecule has 0 radical (unpaired) electrons. The third-order valence-corrected chi connectivity index (χ3v) is 2.63. The lowest BCUT2D eigenvalue weighted by Gasteiger charge is -2.07. The lowest BCUT2D eigenvalue weighted by Crippen LogP contribution is -2.03. The predicted molar refractivity (Wildman–Crippen MR) is 51.1 cm³/mol. The molecular formula is C9H11ClN2O. The Morgan fingerprint density at radius 3 is 2.92 bits per heavy atom. The summed E-state index contributed by atoms with van der Waals surface area (Å²) in [6.45, 7) is 0. The fraction of sp³-hybridized carbons (Fsp3) is 0.444. The number of nitrogens with zero attached hydrogens (tertiary/aromatic N) is 1. The number of halogens is 1. The first-order valence-corrected chi connectivity index (χ1v) is 4.55. The van der Waals surface area contributed by atoms with Crippen molar-refractivity contribution in [3.05, 3.63) is 22.8 Å². The second-order valence-corrected chi connectivity index (χ2v) is 3.63. The average molecular weight is 199 g/mol. The third-order valence-electron chi connectivity index (χ3n) is 2.30. The summed E-state index contributed by atoms with van der Waals surface area (Å²) in [7, 11) is 1.59. The first kappa shape index (κ1) is 8.78. The van der Waals surface area contributed by atoms with Gasteiger partial charge in [0.1, 0.15) is 0 Å². The molecular weight excluding hydrogens is 188 g/mol. The van der Waals surface area contributed by atoms with Crippen molar-refractivity contribution in [1.29, 1.82) is 0 Å². The minimum absolute atomic E-state index is 0.218. The highest BCUT2D eigenvalue weighted by Gasteiger charge is 2.38. The summed E-state index contributed by atoms with van der Waals surface area (Å²) in [6.07, 6.45) is 2.61. The summed E-state index contributed by atoms with van der Waals surface area (Å²) in [5.41, 5.74) is 6.71. The second-order valence-electron chi connectivity index (χ2n) is 3.22. The normalized spacial score (nSPS) is 25.8. The maximum atomic E-state index is 6.03. The van der Waals surface area contributed by atoms with Crippen molar-refractivity contribution in [2.24, 2.45) is 5.73 Å². The Balaban J connectivity index is 2.41. The minimum Gasteiger partial charge on any atom is -0.481 e. The number of hydrogen-bond acceptors (Lipinski definition) is 3. The van der Waals surface area contributed by atoms with Gasteiger partial charge in [-0.15, -0.1) is 0 Å². The monoisotopic (exact) mass is 198 g/mol. The number of aromatic nitrogens is 1. The molecule has 1 fully saturated rings. The quantitative estimate of drug-likeness (QED) is 0.785. The van der Waals surface area contributed by atoms with Crippen LogP contribution in [0.3, 0.4) is 0 Å². The van der Waals surface area contributed by atoms with Crippen LogP contribution < -0.4 is 10.5 Å². The Bertz CT molecular complexity index is 329. The fourth-order valence-electron chi connectivity index (χ4n) is 1.48. The van der Waals surface area contributed by atoms with Crippen LogP contribution in [0.4, 0.5) is 0 Å². The molecule has 0 saturated heterocycles. The highest BCUT2D eigenvalue weighted by Crippen LogP contribution is 2.45. The van der Waals surface area contributed by atoms with E-state index in [2.05, 4.69) is 4.98 Å². The van der Waals surface area contributed by atoms with Gasteiger partial charge in [-0.2, -0.15) is 0 Å². The standard InChI is InChI=1S/C9H11ClN2O/c1-13-9-8(5-4-7(5)11)6(10)2-3-12-9/h2-3,5,7H,4,11H2,1H3. The predicted octanol–water partition coefficient (Wildman–Crippen LogP) is 1.56. The molecule has 13 heavy (non-hydrogen) atoms. The molecule has 2 unspecified atom stereocenters. The molecule has 4 heteroatoms. The Morgan fingerprint density at radius 2 is 2.38 bits per heavy atom. The van der Waals surface area contributed by atoms with E-state index < -0.39 is 0 Å². The third kappa shape index (κ3) is 1.49. The van der Waals surface area contributed by atoms with Crippen LogP contribution in [0.2, 0.25) is 5.02 Å². The van der Waals surface area contributed by atoms with Crippen molar-refractivity contribution in [2.45, 2.75) is 18.4 Å². The van der Waals surface area contributed by atoms with Gasteiger partial charge in [-0.05, 0) is 12.5 Å². The first-order chi connectivity index (χ1) is 6.24. The van der Waals surface area contributed by atoms with Crippen LogP contribution in [0.25, 0.3) is 0 Å². The molecule has 1 saturated carbocycles. The molecule has 2 N–H and O–H groups in total. The molecule has 1 aliphatic carbocycles. The number of methoxy groups -OCH3 is 1. The molecule has 1 heterocycles. The van der Waals surface area contributed by atoms with Gasteiger partial charge in [0.15, 0.2) is 0 Å². The van der Waals surface area contributed by atoms with E-state index in [1.165, 1.54) is 0 Å². The largest absolute Gasteiger partial charge is 0.481 e. The highest BCUT2D eigenvalue weighted by atomic mass is 35.5. The molecule has 1 aromatic rings. The van der Waals surface area contributed by atoms with Gasteiger partial charge in [0.05, 0.1) is 12.1 Å². The number of nitrogens with two attached hydrogens (primary N) is 1. The molecule has 0 amide bonds. The van der Waals surface area contributed by atoms with Crippen molar-refractivity contribution < 1.29 is 4.74 Å². The van der Waals surface area contributed by atoms with Gasteiger partial charge >= 0.3 is 0 Å². The van der Waals surface area contributed by atoms with Gasteiger partial charge in [0.2, 0.25) is 5.88 Å². The van der Waals surface area contributed by atoms with Crippen LogP contribution in [-0.2, 0) is 0 Å². The number of hydrogen-bond donors (Lipinski definition) is 1. The van der Waals surface area contributed by atoms with Crippen LogP contribution in [-0.4, -0.2) is 18.1 Å². The zero-order valence-corrected chi connectivity index (χ0v) is 8.08. The molecule has 0 aliphatic heterocycles. The van der Waals surface area contributed by atoms with Crippen LogP contribution in [0.1, 0.15) is 17.9 Å². The van der Waals surface area contributed by atoms with Crippen LogP contribution in [0.5, 0.6) is 5.88 Å². The average Bonchev–Trinajstić information content (AvgIpc) is 2.82. The first-order valence-electron chi connectivity index (χ1n) is 4.18. The van der Waals surface area contributed by atoms with Crippen molar-refractivity contribution in [3.8, 4) is 5.88 Å². The number of rotatable bonds is 2. The maximum absolute atomic E-state index is 6.03. The summed E-state index contributed by atoms with van der Waals surface area (Å²) >= 11 is 6.03. The van der Waals surface area contributed by atoms with Crippen molar-refractivity contribution in [2.75, 3.05) is 7.11 Å². The molecule has 2 atom stereocenters. The second kappa shape index (κ2) is 3.16. The van der Waals surface area contributed by atoms with E-state index in [1.807, 2.05) is 0 Å². The maximum Gasteiger partial charge on any atom is 0.218 e. The lowest BCUT2D eigenvalue weighted by atomic mass is 10.2. The van der Waals surface area contributed by atoms with Gasteiger partial charge in [-0.3, -0.25) is 0 Å². The number of pyridine rings is 1. The van der Waals surface area contributed by atoms with E-state index in [-0.39, 0.29) is 6.04 Å². The van der Waals surface area contributed by atoms with Crippen molar-refractivity contribution >= 4 is 11.6 Å². The van der Waals surface area contributed by atoms with E-state index in [1.54, 1.807) is 19.4 Å². The van der Waals surface area contributed by atoms with Gasteiger partial charge in [-0.25, -0.2) is 4.98 Å². The highest BCUT2D eigenvalue weighted by molar-refractivity contribution is 6.31. The molecule has 0 bridgehead atoms. The summed E-state index contributed by atoms with van der Waals surface area (Å²) < 4.78 is 5.12. The molecule has 0 aromatic carbocycles. The van der Waals surface area contributed by atoms with E-state index in [0.29, 0.717) is 16.8 Å². The topological polar surface area (TPSA) is 48.1 Å². The Labute approximate surface area is 81.9 Å². The molecule has 1 aliphatic rings. The van der Waals surface area contributed by atoms with E-state index >= 15 is 0 Å². The molecule has 1 aromatic heterocycles. The summed E-state index contributed by atoms with van der Waals surface area (Å²) in [4.78, 5) is 4.09. The van der Waals surface area contributed by atoms with Gasteiger partial charge in [0.25, 0.3) is 0 Å². The van der Waals surface area contributed by atoms with E-state index in [9.17, 15) is 0 Å². The zero-order chi connectivity index (χ0) is 9.42. The van der Waals surface area contributed by atoms with Crippen molar-refractivity contribution in [1.82, 2.24) is 4.98 Å². The number of ether oxygens (including phenoxy) is 1. The Morgan fingerprint density at radius 1 is 1.69 bits per heavy atom. The Hall–Kier alpha value is -0.800. The zero-order valence-electron chi connectivity index (χ0n) is 7.33. The summed E-state index contributed by atoms with van der Waals surface area (Å²) in [5, 5.41) is 0.699. The molecule has 3 nitrogen and oxygen atoms in total. The van der Waals surface area contributed by atoms with Crippen LogP contribution >= 0.6 is 11.6 Å². The lowest BCUT2D eigenvalue weighted by molar-refractivity contribution is 0.392. The van der Waals surface area contributed by atoms with E-state index in [0.717, 1.165) is 12.0 Å². The Kier molecular flexibility index (Phi) is 2.14. The summed E-state index contributed by atoms with van der Waals surface area (Å²) in [6, 6.07) is 1.99. The molecule has 2 rings (SSSR count). The SMILES string of the molecule is COc1nccc(Cl)c1C1CC1N. The smallest absolute Gasteiger partial charge is 0.218 e. The fourth-order valence-corrected chi connectivity index (χ4v) is 1.75. The van der Waals surface area contributed by atoms with E-state index in [4.69, 9.17) is 22.1 Å². The van der Waals surface area contributed by atoms with Gasteiger partial charge < -0.3 is 10.5 Å². The van der Waals surface area contributed by atoms with Crippen LogP contribution in [0, 0.1) is 0 Å². The van der Waals surface area contributed by atoms with Crippen molar-refractivity contribution in [3.63, 3.8) is 0 Å².